The third-order valence-electron chi connectivity index (χ3n) is 3.87. The molecule has 0 fully saturated rings. The second-order valence-corrected chi connectivity index (χ2v) is 5.21. The van der Waals surface area contributed by atoms with Crippen LogP contribution < -0.4 is 10.6 Å². The predicted octanol–water partition coefficient (Wildman–Crippen LogP) is 2.80. The molecule has 0 spiro atoms. The average molecular weight is 279 g/mol. The number of anilines is 1. The highest BCUT2D eigenvalue weighted by Crippen LogP contribution is 2.27. The number of hydrogen-bond donors (Lipinski definition) is 1. The second-order valence-electron chi connectivity index (χ2n) is 5.21. The zero-order chi connectivity index (χ0) is 15.1. The van der Waals surface area contributed by atoms with Gasteiger partial charge in [-0.1, -0.05) is 13.8 Å². The first-order chi connectivity index (χ1) is 9.58. The fourth-order valence-corrected chi connectivity index (χ4v) is 2.76. The maximum absolute atomic E-state index is 5.95. The van der Waals surface area contributed by atoms with Crippen LogP contribution in [0.15, 0.2) is 6.07 Å². The topological polar surface area (TPSA) is 51.4 Å². The number of pyridine rings is 1. The van der Waals surface area contributed by atoms with Gasteiger partial charge in [0, 0.05) is 48.9 Å². The Kier molecular flexibility index (Phi) is 6.96. The number of aryl methyl sites for hydroxylation is 2. The van der Waals surface area contributed by atoms with Crippen LogP contribution in [0.1, 0.15) is 43.6 Å². The van der Waals surface area contributed by atoms with Gasteiger partial charge in [-0.05, 0) is 32.8 Å². The van der Waals surface area contributed by atoms with Gasteiger partial charge in [-0.3, -0.25) is 4.98 Å². The van der Waals surface area contributed by atoms with Crippen molar-refractivity contribution in [3.63, 3.8) is 0 Å². The Bertz CT molecular complexity index is 416. The molecule has 0 aliphatic heterocycles. The van der Waals surface area contributed by atoms with Crippen LogP contribution in [0.2, 0.25) is 0 Å². The molecule has 20 heavy (non-hydrogen) atoms. The lowest BCUT2D eigenvalue weighted by atomic mass is 10.0. The number of rotatable bonds is 8. The summed E-state index contributed by atoms with van der Waals surface area (Å²) in [6, 6.07) is 2.67. The van der Waals surface area contributed by atoms with Crippen molar-refractivity contribution in [2.45, 2.75) is 53.1 Å². The van der Waals surface area contributed by atoms with Crippen molar-refractivity contribution < 1.29 is 4.74 Å². The van der Waals surface area contributed by atoms with Gasteiger partial charge in [0.15, 0.2) is 0 Å². The van der Waals surface area contributed by atoms with Crippen molar-refractivity contribution in [2.75, 3.05) is 25.2 Å². The first-order valence-electron chi connectivity index (χ1n) is 7.51. The quantitative estimate of drug-likeness (QED) is 0.795. The van der Waals surface area contributed by atoms with E-state index in [1.807, 2.05) is 13.8 Å². The molecule has 0 unspecified atom stereocenters. The minimum atomic E-state index is 0.511. The highest BCUT2D eigenvalue weighted by molar-refractivity contribution is 5.57. The smallest absolute Gasteiger partial charge is 0.0637 e. The Morgan fingerprint density at radius 3 is 2.45 bits per heavy atom. The minimum absolute atomic E-state index is 0.511. The Morgan fingerprint density at radius 2 is 1.95 bits per heavy atom. The lowest BCUT2D eigenvalue weighted by molar-refractivity contribution is 0.202. The Balaban J connectivity index is 3.24. The molecule has 0 saturated carbocycles. The molecule has 0 bridgehead atoms. The van der Waals surface area contributed by atoms with Gasteiger partial charge in [-0.25, -0.2) is 0 Å². The molecule has 0 amide bonds. The van der Waals surface area contributed by atoms with E-state index in [9.17, 15) is 0 Å². The SMILES string of the molecule is CCC(CC)N(CCOC)c1cc(C)nc(C)c1CN. The van der Waals surface area contributed by atoms with Crippen LogP contribution in [0, 0.1) is 13.8 Å². The van der Waals surface area contributed by atoms with Crippen molar-refractivity contribution in [3.05, 3.63) is 23.0 Å². The molecule has 0 aliphatic carbocycles. The van der Waals surface area contributed by atoms with Crippen LogP contribution in [0.25, 0.3) is 0 Å². The van der Waals surface area contributed by atoms with E-state index in [4.69, 9.17) is 10.5 Å². The van der Waals surface area contributed by atoms with E-state index in [2.05, 4.69) is 29.8 Å². The molecule has 2 N–H and O–H groups in total. The molecule has 0 aliphatic rings. The third-order valence-corrected chi connectivity index (χ3v) is 3.87. The summed E-state index contributed by atoms with van der Waals surface area (Å²) >= 11 is 0. The van der Waals surface area contributed by atoms with Crippen LogP contribution >= 0.6 is 0 Å². The van der Waals surface area contributed by atoms with E-state index in [0.717, 1.165) is 42.9 Å². The largest absolute Gasteiger partial charge is 0.383 e. The molecule has 1 aromatic rings. The molecule has 1 rings (SSSR count). The standard InChI is InChI=1S/C16H29N3O/c1-6-14(7-2)19(8-9-20-5)16-10-12(3)18-13(4)15(16)11-17/h10,14H,6-9,11,17H2,1-5H3. The van der Waals surface area contributed by atoms with Crippen LogP contribution in [-0.2, 0) is 11.3 Å². The number of methoxy groups -OCH3 is 1. The zero-order valence-corrected chi connectivity index (χ0v) is 13.6. The number of aromatic nitrogens is 1. The van der Waals surface area contributed by atoms with E-state index >= 15 is 0 Å². The number of ether oxygens (including phenoxy) is 1. The molecule has 114 valence electrons. The zero-order valence-electron chi connectivity index (χ0n) is 13.6. The van der Waals surface area contributed by atoms with Gasteiger partial charge in [0.25, 0.3) is 0 Å². The monoisotopic (exact) mass is 279 g/mol. The molecule has 1 heterocycles. The van der Waals surface area contributed by atoms with Crippen LogP contribution in [0.5, 0.6) is 0 Å². The molecular weight excluding hydrogens is 250 g/mol. The van der Waals surface area contributed by atoms with E-state index in [0.29, 0.717) is 12.6 Å². The van der Waals surface area contributed by atoms with E-state index in [1.54, 1.807) is 7.11 Å². The lowest BCUT2D eigenvalue weighted by Gasteiger charge is -2.34. The summed E-state index contributed by atoms with van der Waals surface area (Å²) in [7, 11) is 1.75. The summed E-state index contributed by atoms with van der Waals surface area (Å²) in [5.74, 6) is 0. The first kappa shape index (κ1) is 16.9. The van der Waals surface area contributed by atoms with E-state index < -0.39 is 0 Å². The molecule has 0 radical (unpaired) electrons. The van der Waals surface area contributed by atoms with Crippen LogP contribution in [-0.4, -0.2) is 31.3 Å². The highest BCUT2D eigenvalue weighted by Gasteiger charge is 2.20. The molecule has 0 saturated heterocycles. The van der Waals surface area contributed by atoms with Crippen molar-refractivity contribution in [1.29, 1.82) is 0 Å². The normalized spacial score (nSPS) is 11.2. The van der Waals surface area contributed by atoms with E-state index in [1.165, 1.54) is 5.69 Å². The van der Waals surface area contributed by atoms with Crippen LogP contribution in [0.4, 0.5) is 5.69 Å². The number of nitrogens with zero attached hydrogens (tertiary/aromatic N) is 2. The lowest BCUT2D eigenvalue weighted by Crippen LogP contribution is -2.38. The van der Waals surface area contributed by atoms with E-state index in [-0.39, 0.29) is 0 Å². The van der Waals surface area contributed by atoms with Gasteiger partial charge in [-0.2, -0.15) is 0 Å². The van der Waals surface area contributed by atoms with Gasteiger partial charge in [0.1, 0.15) is 0 Å². The van der Waals surface area contributed by atoms with Crippen molar-refractivity contribution in [2.24, 2.45) is 5.73 Å². The summed E-state index contributed by atoms with van der Waals surface area (Å²) in [6.07, 6.45) is 2.23. The summed E-state index contributed by atoms with van der Waals surface area (Å²) in [5, 5.41) is 0. The molecule has 4 heteroatoms. The van der Waals surface area contributed by atoms with Gasteiger partial charge < -0.3 is 15.4 Å². The number of nitrogens with two attached hydrogens (primary N) is 1. The summed E-state index contributed by atoms with van der Waals surface area (Å²) in [5.41, 5.74) is 10.4. The first-order valence-corrected chi connectivity index (χ1v) is 7.51. The van der Waals surface area contributed by atoms with Crippen molar-refractivity contribution in [3.8, 4) is 0 Å². The molecule has 4 nitrogen and oxygen atoms in total. The minimum Gasteiger partial charge on any atom is -0.383 e. The highest BCUT2D eigenvalue weighted by atomic mass is 16.5. The van der Waals surface area contributed by atoms with Crippen LogP contribution in [0.3, 0.4) is 0 Å². The van der Waals surface area contributed by atoms with Crippen molar-refractivity contribution in [1.82, 2.24) is 4.98 Å². The summed E-state index contributed by atoms with van der Waals surface area (Å²) in [6.45, 7) is 10.7. The third kappa shape index (κ3) is 3.93. The second kappa shape index (κ2) is 8.22. The summed E-state index contributed by atoms with van der Waals surface area (Å²) in [4.78, 5) is 6.98. The Hall–Kier alpha value is -1.13. The van der Waals surface area contributed by atoms with Gasteiger partial charge in [-0.15, -0.1) is 0 Å². The maximum Gasteiger partial charge on any atom is 0.0637 e. The predicted molar refractivity (Wildman–Crippen MR) is 85.2 cm³/mol. The maximum atomic E-state index is 5.95. The van der Waals surface area contributed by atoms with Crippen molar-refractivity contribution >= 4 is 5.69 Å². The fourth-order valence-electron chi connectivity index (χ4n) is 2.76. The van der Waals surface area contributed by atoms with Gasteiger partial charge >= 0.3 is 0 Å². The number of hydrogen-bond acceptors (Lipinski definition) is 4. The van der Waals surface area contributed by atoms with Gasteiger partial charge in [0.05, 0.1) is 6.61 Å². The Morgan fingerprint density at radius 1 is 1.30 bits per heavy atom. The molecular formula is C16H29N3O. The Labute approximate surface area is 123 Å². The average Bonchev–Trinajstić information content (AvgIpc) is 2.42. The fraction of sp³-hybridized carbons (Fsp3) is 0.688. The molecule has 0 aromatic carbocycles. The summed E-state index contributed by atoms with van der Waals surface area (Å²) < 4.78 is 5.28. The molecule has 0 atom stereocenters. The molecule has 1 aromatic heterocycles. The van der Waals surface area contributed by atoms with Gasteiger partial charge in [0.2, 0.25) is 0 Å².